The Balaban J connectivity index is 1.20. The molecule has 33 heavy (non-hydrogen) atoms. The van der Waals surface area contributed by atoms with Crippen molar-refractivity contribution in [3.05, 3.63) is 88.5 Å². The van der Waals surface area contributed by atoms with Gasteiger partial charge in [-0.2, -0.15) is 0 Å². The standard InChI is InChI=1S/C29H29NO3/c1-31-29-18-27(33-20-28-6-3-15-32-28)14-12-24(29)11-13-26-17-22(19-30-26)8-7-21-9-10-23-4-2-5-25(23)16-21/h2,4,7-14,16-18,28H,3,5-6,15,19-20H2,1H3/b8-7+,13-11+. The zero-order valence-corrected chi connectivity index (χ0v) is 19.0. The number of hydrogen-bond acceptors (Lipinski definition) is 4. The van der Waals surface area contributed by atoms with Crippen LogP contribution in [0.5, 0.6) is 11.5 Å². The Kier molecular flexibility index (Phi) is 6.54. The van der Waals surface area contributed by atoms with Crippen molar-refractivity contribution in [2.45, 2.75) is 25.4 Å². The lowest BCUT2D eigenvalue weighted by molar-refractivity contribution is 0.0679. The summed E-state index contributed by atoms with van der Waals surface area (Å²) in [6, 6.07) is 12.6. The molecule has 1 unspecified atom stereocenters. The van der Waals surface area contributed by atoms with Crippen LogP contribution in [-0.2, 0) is 11.2 Å². The van der Waals surface area contributed by atoms with Crippen molar-refractivity contribution in [1.29, 1.82) is 0 Å². The summed E-state index contributed by atoms with van der Waals surface area (Å²) in [6.45, 7) is 2.12. The molecule has 2 aliphatic heterocycles. The molecule has 2 heterocycles. The maximum atomic E-state index is 5.89. The van der Waals surface area contributed by atoms with Crippen molar-refractivity contribution < 1.29 is 14.2 Å². The topological polar surface area (TPSA) is 40.0 Å². The number of rotatable bonds is 8. The lowest BCUT2D eigenvalue weighted by atomic mass is 10.0. The third kappa shape index (κ3) is 5.35. The summed E-state index contributed by atoms with van der Waals surface area (Å²) < 4.78 is 17.1. The summed E-state index contributed by atoms with van der Waals surface area (Å²) in [5.41, 5.74) is 7.13. The Morgan fingerprint density at radius 3 is 2.94 bits per heavy atom. The van der Waals surface area contributed by atoms with Crippen molar-refractivity contribution in [2.75, 3.05) is 26.9 Å². The molecule has 4 nitrogen and oxygen atoms in total. The van der Waals surface area contributed by atoms with Gasteiger partial charge in [-0.05, 0) is 71.9 Å². The molecule has 2 aromatic carbocycles. The number of benzene rings is 2. The number of aliphatic imine (C=N–C) groups is 1. The lowest BCUT2D eigenvalue weighted by Crippen LogP contribution is -2.16. The number of nitrogens with zero attached hydrogens (tertiary/aromatic N) is 1. The molecule has 1 saturated heterocycles. The Hall–Kier alpha value is -3.37. The second-order valence-electron chi connectivity index (χ2n) is 8.54. The van der Waals surface area contributed by atoms with E-state index >= 15 is 0 Å². The fraction of sp³-hybridized carbons (Fsp3) is 0.276. The average Bonchev–Trinajstić information content (AvgIpc) is 3.62. The van der Waals surface area contributed by atoms with E-state index in [0.29, 0.717) is 13.2 Å². The van der Waals surface area contributed by atoms with Gasteiger partial charge in [0.2, 0.25) is 0 Å². The first kappa shape index (κ1) is 21.5. The predicted octanol–water partition coefficient (Wildman–Crippen LogP) is 5.93. The van der Waals surface area contributed by atoms with Gasteiger partial charge in [0.05, 0.1) is 25.5 Å². The van der Waals surface area contributed by atoms with Crippen LogP contribution >= 0.6 is 0 Å². The van der Waals surface area contributed by atoms with Crippen molar-refractivity contribution >= 4 is 23.9 Å². The van der Waals surface area contributed by atoms with Gasteiger partial charge in [0.1, 0.15) is 18.1 Å². The molecule has 1 atom stereocenters. The fourth-order valence-electron chi connectivity index (χ4n) is 4.31. The predicted molar refractivity (Wildman–Crippen MR) is 135 cm³/mol. The maximum absolute atomic E-state index is 5.89. The molecule has 0 saturated carbocycles. The van der Waals surface area contributed by atoms with Gasteiger partial charge in [0.15, 0.2) is 0 Å². The second kappa shape index (κ2) is 10.1. The third-order valence-corrected chi connectivity index (χ3v) is 6.17. The van der Waals surface area contributed by atoms with Gasteiger partial charge >= 0.3 is 0 Å². The van der Waals surface area contributed by atoms with Crippen molar-refractivity contribution in [1.82, 2.24) is 0 Å². The van der Waals surface area contributed by atoms with Crippen molar-refractivity contribution in [2.24, 2.45) is 4.99 Å². The van der Waals surface area contributed by atoms with Gasteiger partial charge in [-0.25, -0.2) is 0 Å². The molecule has 1 aliphatic carbocycles. The quantitative estimate of drug-likeness (QED) is 0.512. The summed E-state index contributed by atoms with van der Waals surface area (Å²) >= 11 is 0. The van der Waals surface area contributed by atoms with E-state index in [1.54, 1.807) is 7.11 Å². The smallest absolute Gasteiger partial charge is 0.129 e. The van der Waals surface area contributed by atoms with Gasteiger partial charge < -0.3 is 14.2 Å². The normalized spacial score (nSPS) is 19.4. The third-order valence-electron chi connectivity index (χ3n) is 6.17. The van der Waals surface area contributed by atoms with E-state index in [0.717, 1.165) is 48.6 Å². The van der Waals surface area contributed by atoms with Crippen LogP contribution in [0, 0.1) is 0 Å². The molecule has 0 amide bonds. The molecule has 5 rings (SSSR count). The average molecular weight is 440 g/mol. The summed E-state index contributed by atoms with van der Waals surface area (Å²) in [5, 5.41) is 0. The summed E-state index contributed by atoms with van der Waals surface area (Å²) in [6.07, 6.45) is 18.4. The first-order chi connectivity index (χ1) is 16.3. The molecule has 1 fully saturated rings. The number of ether oxygens (including phenoxy) is 3. The van der Waals surface area contributed by atoms with Crippen LogP contribution in [0.2, 0.25) is 0 Å². The minimum absolute atomic E-state index is 0.200. The molecule has 2 aromatic rings. The van der Waals surface area contributed by atoms with Gasteiger partial charge in [-0.1, -0.05) is 42.5 Å². The molecule has 0 N–H and O–H groups in total. The first-order valence-electron chi connectivity index (χ1n) is 11.6. The van der Waals surface area contributed by atoms with Crippen LogP contribution in [0.15, 0.2) is 71.3 Å². The molecular formula is C29H29NO3. The van der Waals surface area contributed by atoms with E-state index in [4.69, 9.17) is 14.2 Å². The van der Waals surface area contributed by atoms with E-state index in [1.807, 2.05) is 30.4 Å². The van der Waals surface area contributed by atoms with Crippen molar-refractivity contribution in [3.8, 4) is 11.5 Å². The van der Waals surface area contributed by atoms with E-state index < -0.39 is 0 Å². The molecule has 3 aliphatic rings. The van der Waals surface area contributed by atoms with Crippen LogP contribution < -0.4 is 9.47 Å². The Bertz CT molecular complexity index is 1160. The fourth-order valence-corrected chi connectivity index (χ4v) is 4.31. The monoisotopic (exact) mass is 439 g/mol. The Labute approximate surface area is 195 Å². The van der Waals surface area contributed by atoms with Crippen LogP contribution in [0.4, 0.5) is 0 Å². The highest BCUT2D eigenvalue weighted by atomic mass is 16.5. The minimum Gasteiger partial charge on any atom is -0.496 e. The van der Waals surface area contributed by atoms with Crippen LogP contribution in [-0.4, -0.2) is 38.7 Å². The van der Waals surface area contributed by atoms with Crippen LogP contribution in [0.3, 0.4) is 0 Å². The van der Waals surface area contributed by atoms with E-state index in [9.17, 15) is 0 Å². The van der Waals surface area contributed by atoms with Crippen LogP contribution in [0.1, 0.15) is 35.1 Å². The SMILES string of the molecule is COc1cc(OCC2CCCO2)ccc1/C=C/C1=NCC(/C=C/c2ccc3c(c2)CC=C3)=C1. The highest BCUT2D eigenvalue weighted by Crippen LogP contribution is 2.27. The highest BCUT2D eigenvalue weighted by molar-refractivity contribution is 6.08. The molecular weight excluding hydrogens is 410 g/mol. The van der Waals surface area contributed by atoms with E-state index in [-0.39, 0.29) is 6.10 Å². The van der Waals surface area contributed by atoms with Gasteiger partial charge in [0, 0.05) is 18.2 Å². The lowest BCUT2D eigenvalue weighted by Gasteiger charge is -2.13. The molecule has 168 valence electrons. The van der Waals surface area contributed by atoms with E-state index in [1.165, 1.54) is 22.3 Å². The number of methoxy groups -OCH3 is 1. The Morgan fingerprint density at radius 2 is 2.06 bits per heavy atom. The molecule has 0 radical (unpaired) electrons. The maximum Gasteiger partial charge on any atom is 0.129 e. The molecule has 4 heteroatoms. The van der Waals surface area contributed by atoms with Gasteiger partial charge in [-0.15, -0.1) is 0 Å². The number of allylic oxidation sites excluding steroid dienone is 3. The highest BCUT2D eigenvalue weighted by Gasteiger charge is 2.16. The van der Waals surface area contributed by atoms with Gasteiger partial charge in [-0.3, -0.25) is 4.99 Å². The van der Waals surface area contributed by atoms with Gasteiger partial charge in [0.25, 0.3) is 0 Å². The molecule has 0 bridgehead atoms. The zero-order valence-electron chi connectivity index (χ0n) is 19.0. The molecule has 0 aromatic heterocycles. The second-order valence-corrected chi connectivity index (χ2v) is 8.54. The minimum atomic E-state index is 0.200. The van der Waals surface area contributed by atoms with Crippen molar-refractivity contribution in [3.63, 3.8) is 0 Å². The summed E-state index contributed by atoms with van der Waals surface area (Å²) in [5.74, 6) is 1.58. The summed E-state index contributed by atoms with van der Waals surface area (Å²) in [4.78, 5) is 4.65. The number of hydrogen-bond donors (Lipinski definition) is 0. The number of fused-ring (bicyclic) bond motifs is 1. The Morgan fingerprint density at radius 1 is 1.09 bits per heavy atom. The molecule has 0 spiro atoms. The largest absolute Gasteiger partial charge is 0.496 e. The van der Waals surface area contributed by atoms with Crippen LogP contribution in [0.25, 0.3) is 18.2 Å². The first-order valence-corrected chi connectivity index (χ1v) is 11.6. The zero-order chi connectivity index (χ0) is 22.5. The van der Waals surface area contributed by atoms with E-state index in [2.05, 4.69) is 53.6 Å². The summed E-state index contributed by atoms with van der Waals surface area (Å²) in [7, 11) is 1.68.